The third-order valence-corrected chi connectivity index (χ3v) is 5.28. The predicted molar refractivity (Wildman–Crippen MR) is 78.4 cm³/mol. The first-order valence-electron chi connectivity index (χ1n) is 6.53. The molecule has 1 heterocycles. The van der Waals surface area contributed by atoms with E-state index >= 15 is 0 Å². The maximum Gasteiger partial charge on any atom is 0.260 e. The SMILES string of the molecule is CCC(C)C(Br)c1ccc2c(c1)C(=O)N(C)C(=O)C2. The summed E-state index contributed by atoms with van der Waals surface area (Å²) in [6.07, 6.45) is 1.38. The van der Waals surface area contributed by atoms with Crippen LogP contribution in [0.3, 0.4) is 0 Å². The first kappa shape index (κ1) is 14.3. The number of benzene rings is 1. The molecule has 0 N–H and O–H groups in total. The van der Waals surface area contributed by atoms with Crippen molar-refractivity contribution in [1.82, 2.24) is 4.90 Å². The maximum atomic E-state index is 12.1. The molecule has 0 aliphatic carbocycles. The molecule has 0 aromatic heterocycles. The topological polar surface area (TPSA) is 37.4 Å². The molecule has 2 atom stereocenters. The Balaban J connectivity index is 2.39. The number of alkyl halides is 1. The lowest BCUT2D eigenvalue weighted by Gasteiger charge is -2.25. The van der Waals surface area contributed by atoms with Gasteiger partial charge in [0, 0.05) is 17.4 Å². The minimum atomic E-state index is -0.197. The van der Waals surface area contributed by atoms with Gasteiger partial charge in [-0.15, -0.1) is 0 Å². The number of amides is 2. The normalized spacial score (nSPS) is 18.2. The minimum absolute atomic E-state index is 0.137. The fraction of sp³-hybridized carbons (Fsp3) is 0.467. The van der Waals surface area contributed by atoms with Crippen LogP contribution in [-0.4, -0.2) is 23.8 Å². The first-order chi connectivity index (χ1) is 8.95. The first-order valence-corrected chi connectivity index (χ1v) is 7.45. The highest BCUT2D eigenvalue weighted by molar-refractivity contribution is 9.09. The fourth-order valence-electron chi connectivity index (χ4n) is 2.23. The van der Waals surface area contributed by atoms with E-state index in [-0.39, 0.29) is 16.6 Å². The number of carbonyl (C=O) groups excluding carboxylic acids is 2. The summed E-state index contributed by atoms with van der Waals surface area (Å²) >= 11 is 3.69. The Hall–Kier alpha value is -1.16. The molecule has 0 spiro atoms. The second kappa shape index (κ2) is 5.45. The van der Waals surface area contributed by atoms with E-state index in [4.69, 9.17) is 0 Å². The zero-order valence-electron chi connectivity index (χ0n) is 11.4. The highest BCUT2D eigenvalue weighted by atomic mass is 79.9. The van der Waals surface area contributed by atoms with Crippen molar-refractivity contribution in [1.29, 1.82) is 0 Å². The lowest BCUT2D eigenvalue weighted by molar-refractivity contribution is -0.127. The van der Waals surface area contributed by atoms with Crippen LogP contribution in [0.1, 0.15) is 46.6 Å². The molecule has 3 nitrogen and oxygen atoms in total. The summed E-state index contributed by atoms with van der Waals surface area (Å²) in [6.45, 7) is 4.32. The van der Waals surface area contributed by atoms with Gasteiger partial charge < -0.3 is 0 Å². The predicted octanol–water partition coefficient (Wildman–Crippen LogP) is 3.32. The number of likely N-dealkylation sites (N-methyl/N-ethyl adjacent to an activating group) is 1. The Bertz CT molecular complexity index is 527. The molecular weight excluding hydrogens is 306 g/mol. The van der Waals surface area contributed by atoms with Gasteiger partial charge in [0.2, 0.25) is 5.91 Å². The smallest absolute Gasteiger partial charge is 0.260 e. The zero-order valence-corrected chi connectivity index (χ0v) is 13.0. The number of imide groups is 1. The van der Waals surface area contributed by atoms with Gasteiger partial charge in [-0.05, 0) is 23.1 Å². The summed E-state index contributed by atoms with van der Waals surface area (Å²) in [7, 11) is 1.54. The van der Waals surface area contributed by atoms with E-state index in [2.05, 4.69) is 29.8 Å². The van der Waals surface area contributed by atoms with Crippen LogP contribution >= 0.6 is 15.9 Å². The van der Waals surface area contributed by atoms with Crippen molar-refractivity contribution in [3.05, 3.63) is 34.9 Å². The molecule has 2 unspecified atom stereocenters. The summed E-state index contributed by atoms with van der Waals surface area (Å²) < 4.78 is 0. The molecule has 102 valence electrons. The molecule has 2 rings (SSSR count). The number of rotatable bonds is 3. The van der Waals surface area contributed by atoms with E-state index in [9.17, 15) is 9.59 Å². The van der Waals surface area contributed by atoms with Crippen LogP contribution in [-0.2, 0) is 11.2 Å². The quantitative estimate of drug-likeness (QED) is 0.632. The molecule has 0 saturated carbocycles. The number of carbonyl (C=O) groups is 2. The van der Waals surface area contributed by atoms with Gasteiger partial charge in [0.05, 0.1) is 6.42 Å². The third kappa shape index (κ3) is 2.59. The molecule has 1 aromatic carbocycles. The Kier molecular flexibility index (Phi) is 4.09. The lowest BCUT2D eigenvalue weighted by Crippen LogP contribution is -2.39. The van der Waals surface area contributed by atoms with Crippen molar-refractivity contribution in [2.45, 2.75) is 31.5 Å². The number of fused-ring (bicyclic) bond motifs is 1. The highest BCUT2D eigenvalue weighted by Gasteiger charge is 2.28. The van der Waals surface area contributed by atoms with Crippen LogP contribution < -0.4 is 0 Å². The van der Waals surface area contributed by atoms with E-state index in [1.165, 1.54) is 4.90 Å². The molecule has 0 saturated heterocycles. The number of hydrogen-bond donors (Lipinski definition) is 0. The molecule has 4 heteroatoms. The van der Waals surface area contributed by atoms with Gasteiger partial charge in [0.25, 0.3) is 5.91 Å². The van der Waals surface area contributed by atoms with Gasteiger partial charge in [0.15, 0.2) is 0 Å². The summed E-state index contributed by atoms with van der Waals surface area (Å²) in [5, 5.41) is 0. The van der Waals surface area contributed by atoms with Crippen LogP contribution in [0.2, 0.25) is 0 Å². The minimum Gasteiger partial charge on any atom is -0.281 e. The third-order valence-electron chi connectivity index (χ3n) is 3.85. The maximum absolute atomic E-state index is 12.1. The van der Waals surface area contributed by atoms with Crippen LogP contribution in [0.15, 0.2) is 18.2 Å². The van der Waals surface area contributed by atoms with Gasteiger partial charge in [-0.1, -0.05) is 48.3 Å². The Morgan fingerprint density at radius 2 is 2.05 bits per heavy atom. The zero-order chi connectivity index (χ0) is 14.2. The summed E-state index contributed by atoms with van der Waals surface area (Å²) in [5.74, 6) is 0.163. The summed E-state index contributed by atoms with van der Waals surface area (Å²) in [6, 6.07) is 5.84. The van der Waals surface area contributed by atoms with Crippen LogP contribution in [0.25, 0.3) is 0 Å². The largest absolute Gasteiger partial charge is 0.281 e. The average molecular weight is 324 g/mol. The van der Waals surface area contributed by atoms with E-state index < -0.39 is 0 Å². The standard InChI is InChI=1S/C15H18BrNO2/c1-4-9(2)14(16)11-6-5-10-8-13(18)17(3)15(19)12(10)7-11/h5-7,9,14H,4,8H2,1-3H3. The van der Waals surface area contributed by atoms with Gasteiger partial charge in [-0.3, -0.25) is 14.5 Å². The van der Waals surface area contributed by atoms with Crippen molar-refractivity contribution in [2.24, 2.45) is 5.92 Å². The average Bonchev–Trinajstić information content (AvgIpc) is 2.43. The van der Waals surface area contributed by atoms with Gasteiger partial charge in [-0.2, -0.15) is 0 Å². The monoisotopic (exact) mass is 323 g/mol. The Labute approximate surface area is 122 Å². The molecule has 0 radical (unpaired) electrons. The van der Waals surface area contributed by atoms with E-state index in [1.807, 2.05) is 18.2 Å². The van der Waals surface area contributed by atoms with Crippen molar-refractivity contribution < 1.29 is 9.59 Å². The summed E-state index contributed by atoms with van der Waals surface area (Å²) in [4.78, 5) is 25.2. The molecular formula is C15H18BrNO2. The molecule has 1 aliphatic rings. The molecule has 0 bridgehead atoms. The second-order valence-electron chi connectivity index (χ2n) is 5.14. The molecule has 19 heavy (non-hydrogen) atoms. The highest BCUT2D eigenvalue weighted by Crippen LogP contribution is 2.34. The van der Waals surface area contributed by atoms with Gasteiger partial charge >= 0.3 is 0 Å². The number of halogens is 1. The molecule has 1 aromatic rings. The van der Waals surface area contributed by atoms with Crippen molar-refractivity contribution in [2.75, 3.05) is 7.05 Å². The Morgan fingerprint density at radius 1 is 1.37 bits per heavy atom. The summed E-state index contributed by atoms with van der Waals surface area (Å²) in [5.41, 5.74) is 2.59. The van der Waals surface area contributed by atoms with Gasteiger partial charge in [-0.25, -0.2) is 0 Å². The van der Waals surface area contributed by atoms with Crippen LogP contribution in [0.5, 0.6) is 0 Å². The van der Waals surface area contributed by atoms with Crippen molar-refractivity contribution in [3.63, 3.8) is 0 Å². The second-order valence-corrected chi connectivity index (χ2v) is 6.13. The molecule has 2 amide bonds. The van der Waals surface area contributed by atoms with Crippen molar-refractivity contribution >= 4 is 27.7 Å². The number of nitrogens with zero attached hydrogens (tertiary/aromatic N) is 1. The Morgan fingerprint density at radius 3 is 2.68 bits per heavy atom. The molecule has 0 fully saturated rings. The number of hydrogen-bond acceptors (Lipinski definition) is 2. The lowest BCUT2D eigenvalue weighted by atomic mass is 9.92. The van der Waals surface area contributed by atoms with E-state index in [0.717, 1.165) is 17.5 Å². The van der Waals surface area contributed by atoms with Crippen LogP contribution in [0, 0.1) is 5.92 Å². The van der Waals surface area contributed by atoms with E-state index in [0.29, 0.717) is 17.9 Å². The fourth-order valence-corrected chi connectivity index (χ4v) is 2.89. The van der Waals surface area contributed by atoms with E-state index in [1.54, 1.807) is 7.05 Å². The molecule has 1 aliphatic heterocycles. The van der Waals surface area contributed by atoms with Crippen LogP contribution in [0.4, 0.5) is 0 Å². The van der Waals surface area contributed by atoms with Gasteiger partial charge in [0.1, 0.15) is 0 Å². The van der Waals surface area contributed by atoms with Crippen molar-refractivity contribution in [3.8, 4) is 0 Å².